The van der Waals surface area contributed by atoms with E-state index in [0.29, 0.717) is 0 Å². The molecule has 4 nitrogen and oxygen atoms in total. The van der Waals surface area contributed by atoms with Crippen LogP contribution in [0.25, 0.3) is 10.9 Å². The van der Waals surface area contributed by atoms with E-state index >= 15 is 0 Å². The van der Waals surface area contributed by atoms with Gasteiger partial charge in [-0.1, -0.05) is 55.5 Å². The zero-order chi connectivity index (χ0) is 17.9. The van der Waals surface area contributed by atoms with Crippen molar-refractivity contribution in [3.8, 4) is 0 Å². The maximum atomic E-state index is 13.6. The molecule has 0 amide bonds. The summed E-state index contributed by atoms with van der Waals surface area (Å²) in [6.45, 7) is 7.13. The number of benzene rings is 2. The first-order chi connectivity index (χ1) is 12.8. The van der Waals surface area contributed by atoms with Crippen molar-refractivity contribution < 1.29 is 4.79 Å². The number of aromatic nitrogens is 1. The molecule has 4 heteroatoms. The number of likely N-dealkylation sites (N-methyl/N-ethyl adjacent to an activating group) is 1. The molecule has 0 aliphatic carbocycles. The van der Waals surface area contributed by atoms with Crippen molar-refractivity contribution in [1.29, 1.82) is 0 Å². The third kappa shape index (κ3) is 3.18. The highest BCUT2D eigenvalue weighted by molar-refractivity contribution is 6.10. The van der Waals surface area contributed by atoms with E-state index in [1.165, 1.54) is 0 Å². The van der Waals surface area contributed by atoms with E-state index in [1.54, 1.807) is 0 Å². The first kappa shape index (κ1) is 17.0. The predicted octanol–water partition coefficient (Wildman–Crippen LogP) is 3.73. The molecule has 0 bridgehead atoms. The van der Waals surface area contributed by atoms with Gasteiger partial charge in [-0.2, -0.15) is 0 Å². The molecule has 0 unspecified atom stereocenters. The lowest BCUT2D eigenvalue weighted by molar-refractivity contribution is 0.0676. The minimum atomic E-state index is -0.227. The van der Waals surface area contributed by atoms with Gasteiger partial charge >= 0.3 is 0 Å². The Morgan fingerprint density at radius 1 is 1.00 bits per heavy atom. The van der Waals surface area contributed by atoms with Gasteiger partial charge in [-0.05, 0) is 18.2 Å². The third-order valence-corrected chi connectivity index (χ3v) is 5.44. The molecule has 2 heterocycles. The van der Waals surface area contributed by atoms with Crippen molar-refractivity contribution in [3.63, 3.8) is 0 Å². The zero-order valence-electron chi connectivity index (χ0n) is 15.2. The maximum absolute atomic E-state index is 13.6. The van der Waals surface area contributed by atoms with Crippen LogP contribution in [0.15, 0.2) is 60.8 Å². The Labute approximate surface area is 154 Å². The SMILES string of the molecule is CCN1CCN([C@H](C(=O)c2c[nH]c3ccccc23)c2ccccc2)CC1. The minimum Gasteiger partial charge on any atom is -0.360 e. The topological polar surface area (TPSA) is 39.3 Å². The molecule has 0 saturated carbocycles. The van der Waals surface area contributed by atoms with Crippen molar-refractivity contribution in [2.75, 3.05) is 32.7 Å². The number of rotatable bonds is 5. The molecule has 1 aromatic heterocycles. The summed E-state index contributed by atoms with van der Waals surface area (Å²) in [7, 11) is 0. The Kier molecular flexibility index (Phi) is 4.87. The van der Waals surface area contributed by atoms with Gasteiger partial charge in [0.1, 0.15) is 0 Å². The summed E-state index contributed by atoms with van der Waals surface area (Å²) in [6, 6.07) is 18.0. The van der Waals surface area contributed by atoms with Crippen molar-refractivity contribution in [2.45, 2.75) is 13.0 Å². The lowest BCUT2D eigenvalue weighted by Crippen LogP contribution is -2.49. The largest absolute Gasteiger partial charge is 0.360 e. The summed E-state index contributed by atoms with van der Waals surface area (Å²) < 4.78 is 0. The highest BCUT2D eigenvalue weighted by Crippen LogP contribution is 2.29. The average Bonchev–Trinajstić information content (AvgIpc) is 3.14. The van der Waals surface area contributed by atoms with Gasteiger partial charge in [0.15, 0.2) is 5.78 Å². The molecule has 0 spiro atoms. The molecule has 26 heavy (non-hydrogen) atoms. The smallest absolute Gasteiger partial charge is 0.186 e. The van der Waals surface area contributed by atoms with Crippen LogP contribution in [0.5, 0.6) is 0 Å². The first-order valence-electron chi connectivity index (χ1n) is 9.39. The number of piperazine rings is 1. The first-order valence-corrected chi connectivity index (χ1v) is 9.39. The second kappa shape index (κ2) is 7.44. The Morgan fingerprint density at radius 3 is 2.42 bits per heavy atom. The summed E-state index contributed by atoms with van der Waals surface area (Å²) in [4.78, 5) is 21.6. The number of hydrogen-bond donors (Lipinski definition) is 1. The van der Waals surface area contributed by atoms with Crippen LogP contribution in [0, 0.1) is 0 Å². The van der Waals surface area contributed by atoms with Gasteiger partial charge in [0, 0.05) is 48.8 Å². The number of H-pyrrole nitrogens is 1. The van der Waals surface area contributed by atoms with Gasteiger partial charge in [-0.25, -0.2) is 0 Å². The van der Waals surface area contributed by atoms with E-state index in [4.69, 9.17) is 0 Å². The van der Waals surface area contributed by atoms with Crippen LogP contribution in [0.2, 0.25) is 0 Å². The number of carbonyl (C=O) groups is 1. The fourth-order valence-electron chi connectivity index (χ4n) is 3.92. The van der Waals surface area contributed by atoms with Crippen LogP contribution in [0.4, 0.5) is 0 Å². The average molecular weight is 347 g/mol. The predicted molar refractivity (Wildman–Crippen MR) is 105 cm³/mol. The summed E-state index contributed by atoms with van der Waals surface area (Å²) >= 11 is 0. The van der Waals surface area contributed by atoms with Gasteiger partial charge in [0.25, 0.3) is 0 Å². The van der Waals surface area contributed by atoms with Gasteiger partial charge in [0.05, 0.1) is 6.04 Å². The van der Waals surface area contributed by atoms with Crippen LogP contribution >= 0.6 is 0 Å². The summed E-state index contributed by atoms with van der Waals surface area (Å²) in [5, 5.41) is 1.01. The van der Waals surface area contributed by atoms with Crippen molar-refractivity contribution in [3.05, 3.63) is 71.9 Å². The molecule has 1 atom stereocenters. The van der Waals surface area contributed by atoms with E-state index in [1.807, 2.05) is 48.7 Å². The fourth-order valence-corrected chi connectivity index (χ4v) is 3.92. The van der Waals surface area contributed by atoms with Crippen LogP contribution in [-0.4, -0.2) is 53.3 Å². The number of Topliss-reactive ketones (excluding diaryl/α,β-unsaturated/α-hetero) is 1. The number of ketones is 1. The second-order valence-corrected chi connectivity index (χ2v) is 6.90. The molecule has 1 N–H and O–H groups in total. The number of hydrogen-bond acceptors (Lipinski definition) is 3. The molecule has 0 radical (unpaired) electrons. The molecule has 4 rings (SSSR count). The normalized spacial score (nSPS) is 17.4. The summed E-state index contributed by atoms with van der Waals surface area (Å²) in [5.74, 6) is 0.179. The Balaban J connectivity index is 1.70. The van der Waals surface area contributed by atoms with Crippen LogP contribution in [-0.2, 0) is 0 Å². The van der Waals surface area contributed by atoms with Crippen molar-refractivity contribution in [2.24, 2.45) is 0 Å². The highest BCUT2D eigenvalue weighted by atomic mass is 16.1. The number of carbonyl (C=O) groups excluding carboxylic acids is 1. The van der Waals surface area contributed by atoms with Crippen molar-refractivity contribution in [1.82, 2.24) is 14.8 Å². The minimum absolute atomic E-state index is 0.179. The highest BCUT2D eigenvalue weighted by Gasteiger charge is 2.31. The third-order valence-electron chi connectivity index (χ3n) is 5.44. The van der Waals surface area contributed by atoms with Crippen molar-refractivity contribution >= 4 is 16.7 Å². The van der Waals surface area contributed by atoms with E-state index in [9.17, 15) is 4.79 Å². The monoisotopic (exact) mass is 347 g/mol. The number of aromatic amines is 1. The van der Waals surface area contributed by atoms with E-state index < -0.39 is 0 Å². The maximum Gasteiger partial charge on any atom is 0.186 e. The summed E-state index contributed by atoms with van der Waals surface area (Å²) in [6.07, 6.45) is 1.87. The number of para-hydroxylation sites is 1. The zero-order valence-corrected chi connectivity index (χ0v) is 15.2. The molecule has 1 aliphatic rings. The molecule has 1 fully saturated rings. The number of nitrogens with zero attached hydrogens (tertiary/aromatic N) is 2. The Hall–Kier alpha value is -2.43. The lowest BCUT2D eigenvalue weighted by Gasteiger charge is -2.38. The molecule has 1 aliphatic heterocycles. The Morgan fingerprint density at radius 2 is 1.69 bits per heavy atom. The fraction of sp³-hybridized carbons (Fsp3) is 0.318. The molecule has 3 aromatic rings. The lowest BCUT2D eigenvalue weighted by atomic mass is 9.95. The van der Waals surface area contributed by atoms with Gasteiger partial charge < -0.3 is 9.88 Å². The molecule has 1 saturated heterocycles. The quantitative estimate of drug-likeness (QED) is 0.715. The number of fused-ring (bicyclic) bond motifs is 1. The number of nitrogens with one attached hydrogen (secondary N) is 1. The van der Waals surface area contributed by atoms with E-state index in [0.717, 1.165) is 54.8 Å². The van der Waals surface area contributed by atoms with Gasteiger partial charge in [-0.3, -0.25) is 9.69 Å². The summed E-state index contributed by atoms with van der Waals surface area (Å²) in [5.41, 5.74) is 2.87. The molecule has 134 valence electrons. The Bertz CT molecular complexity index is 879. The molecule has 2 aromatic carbocycles. The van der Waals surface area contributed by atoms with E-state index in [-0.39, 0.29) is 11.8 Å². The van der Waals surface area contributed by atoms with Crippen LogP contribution in [0.1, 0.15) is 28.9 Å². The van der Waals surface area contributed by atoms with E-state index in [2.05, 4.69) is 33.8 Å². The molecular formula is C22H25N3O. The van der Waals surface area contributed by atoms with Gasteiger partial charge in [-0.15, -0.1) is 0 Å². The van der Waals surface area contributed by atoms with Gasteiger partial charge in [0.2, 0.25) is 0 Å². The second-order valence-electron chi connectivity index (χ2n) is 6.90. The van der Waals surface area contributed by atoms with Crippen LogP contribution in [0.3, 0.4) is 0 Å². The van der Waals surface area contributed by atoms with Crippen LogP contribution < -0.4 is 0 Å². The standard InChI is InChI=1S/C22H25N3O/c1-2-24-12-14-25(15-13-24)21(17-8-4-3-5-9-17)22(26)19-16-23-20-11-7-6-10-18(19)20/h3-11,16,21,23H,2,12-15H2,1H3/t21-/m0/s1. The molecular weight excluding hydrogens is 322 g/mol.